The summed E-state index contributed by atoms with van der Waals surface area (Å²) in [5.74, 6) is 1.49. The summed E-state index contributed by atoms with van der Waals surface area (Å²) in [5, 5.41) is 13.4. The first-order chi connectivity index (χ1) is 16.4. The number of nitrogens with one attached hydrogen (secondary N) is 1. The lowest BCUT2D eigenvalue weighted by atomic mass is 9.92. The third kappa shape index (κ3) is 6.99. The molecule has 8 heteroatoms. The third-order valence-electron chi connectivity index (χ3n) is 5.55. The van der Waals surface area contributed by atoms with E-state index in [1.54, 1.807) is 48.0 Å². The monoisotopic (exact) mass is 482 g/mol. The first kappa shape index (κ1) is 26.1. The van der Waals surface area contributed by atoms with E-state index in [4.69, 9.17) is 18.6 Å². The molecule has 3 aromatic rings. The Morgan fingerprint density at radius 2 is 1.80 bits per heavy atom. The van der Waals surface area contributed by atoms with E-state index < -0.39 is 17.4 Å². The maximum Gasteiger partial charge on any atom is 0.409 e. The molecular weight excluding hydrogens is 448 g/mol. The summed E-state index contributed by atoms with van der Waals surface area (Å²) in [5.41, 5.74) is 1.15. The fourth-order valence-electron chi connectivity index (χ4n) is 3.50. The van der Waals surface area contributed by atoms with Gasteiger partial charge in [0.2, 0.25) is 5.89 Å². The van der Waals surface area contributed by atoms with Gasteiger partial charge in [0.25, 0.3) is 0 Å². The van der Waals surface area contributed by atoms with Gasteiger partial charge in [-0.2, -0.15) is 0 Å². The molecule has 0 bridgehead atoms. The second-order valence-electron chi connectivity index (χ2n) is 9.68. The Bertz CT molecular complexity index is 1210. The number of ether oxygens (including phenoxy) is 3. The van der Waals surface area contributed by atoms with Gasteiger partial charge in [0, 0.05) is 12.0 Å². The number of aromatic nitrogens is 1. The van der Waals surface area contributed by atoms with Crippen LogP contribution in [0.25, 0.3) is 23.3 Å². The molecule has 8 nitrogen and oxygen atoms in total. The van der Waals surface area contributed by atoms with Crippen LogP contribution < -0.4 is 14.8 Å². The number of fused-ring (bicyclic) bond motifs is 1. The van der Waals surface area contributed by atoms with Gasteiger partial charge in [-0.25, -0.2) is 9.78 Å². The average Bonchev–Trinajstić information content (AvgIpc) is 3.17. The van der Waals surface area contributed by atoms with Crippen molar-refractivity contribution in [1.82, 2.24) is 10.3 Å². The van der Waals surface area contributed by atoms with E-state index in [2.05, 4.69) is 10.3 Å². The molecule has 0 aliphatic carbocycles. The molecule has 1 unspecified atom stereocenters. The highest BCUT2D eigenvalue weighted by Gasteiger charge is 2.32. The van der Waals surface area contributed by atoms with Gasteiger partial charge >= 0.3 is 6.09 Å². The minimum absolute atomic E-state index is 0.288. The number of hydrogen-bond acceptors (Lipinski definition) is 7. The number of oxazole rings is 1. The Kier molecular flexibility index (Phi) is 7.75. The molecule has 0 aliphatic heterocycles. The summed E-state index contributed by atoms with van der Waals surface area (Å²) in [4.78, 5) is 16.7. The smallest absolute Gasteiger partial charge is 0.409 e. The average molecular weight is 483 g/mol. The summed E-state index contributed by atoms with van der Waals surface area (Å²) in [7, 11) is 3.19. The third-order valence-corrected chi connectivity index (χ3v) is 5.55. The highest BCUT2D eigenvalue weighted by molar-refractivity contribution is 5.77. The lowest BCUT2D eigenvalue weighted by Crippen LogP contribution is -2.52. The Morgan fingerprint density at radius 3 is 2.46 bits per heavy atom. The normalized spacial score (nSPS) is 14.5. The number of nitrogens with zero attached hydrogens (tertiary/aromatic N) is 1. The second-order valence-corrected chi connectivity index (χ2v) is 9.68. The maximum atomic E-state index is 12.1. The van der Waals surface area contributed by atoms with Crippen LogP contribution in [0.5, 0.6) is 11.5 Å². The van der Waals surface area contributed by atoms with Gasteiger partial charge in [0.15, 0.2) is 17.1 Å². The number of methoxy groups -OCH3 is 2. The van der Waals surface area contributed by atoms with Crippen LogP contribution in [0.4, 0.5) is 4.79 Å². The quantitative estimate of drug-likeness (QED) is 0.413. The number of carbonyl (C=O) groups is 1. The second kappa shape index (κ2) is 10.4. The minimum atomic E-state index is -1.45. The molecule has 35 heavy (non-hydrogen) atoms. The maximum absolute atomic E-state index is 12.1. The van der Waals surface area contributed by atoms with Gasteiger partial charge in [0.05, 0.1) is 14.2 Å². The molecule has 1 amide bonds. The van der Waals surface area contributed by atoms with Crippen molar-refractivity contribution in [1.29, 1.82) is 0 Å². The van der Waals surface area contributed by atoms with Crippen LogP contribution in [0.3, 0.4) is 0 Å². The first-order valence-electron chi connectivity index (χ1n) is 11.4. The SMILES string of the molecule is COc1ccc(C=Cc2nc3cc(CC(C)[C@@](C)(O)NC(=O)OC(C)(C)C)ccc3o2)cc1OC. The van der Waals surface area contributed by atoms with Gasteiger partial charge in [0.1, 0.15) is 16.8 Å². The number of amides is 1. The van der Waals surface area contributed by atoms with E-state index in [-0.39, 0.29) is 5.92 Å². The van der Waals surface area contributed by atoms with Crippen LogP contribution in [0.1, 0.15) is 51.6 Å². The van der Waals surface area contributed by atoms with Crippen molar-refractivity contribution in [3.63, 3.8) is 0 Å². The van der Waals surface area contributed by atoms with Crippen molar-refractivity contribution in [2.45, 2.75) is 52.4 Å². The molecular formula is C27H34N2O6. The van der Waals surface area contributed by atoms with E-state index >= 15 is 0 Å². The van der Waals surface area contributed by atoms with Crippen LogP contribution in [0.2, 0.25) is 0 Å². The van der Waals surface area contributed by atoms with E-state index in [0.29, 0.717) is 34.9 Å². The number of alkyl carbamates (subject to hydrolysis) is 1. The topological polar surface area (TPSA) is 103 Å². The molecule has 2 N–H and O–H groups in total. The lowest BCUT2D eigenvalue weighted by Gasteiger charge is -2.32. The van der Waals surface area contributed by atoms with Gasteiger partial charge < -0.3 is 23.7 Å². The molecule has 0 spiro atoms. The van der Waals surface area contributed by atoms with Crippen molar-refractivity contribution in [2.24, 2.45) is 5.92 Å². The summed E-state index contributed by atoms with van der Waals surface area (Å²) < 4.78 is 21.7. The molecule has 0 radical (unpaired) electrons. The summed E-state index contributed by atoms with van der Waals surface area (Å²) in [6.07, 6.45) is 3.53. The molecule has 2 aromatic carbocycles. The molecule has 1 heterocycles. The van der Waals surface area contributed by atoms with Crippen LogP contribution in [0.15, 0.2) is 40.8 Å². The van der Waals surface area contributed by atoms with Crippen LogP contribution in [-0.2, 0) is 11.2 Å². The van der Waals surface area contributed by atoms with Crippen molar-refractivity contribution in [3.05, 3.63) is 53.4 Å². The number of rotatable bonds is 8. The molecule has 0 fully saturated rings. The molecule has 1 aromatic heterocycles. The Morgan fingerprint density at radius 1 is 1.09 bits per heavy atom. The zero-order valence-corrected chi connectivity index (χ0v) is 21.3. The molecule has 3 rings (SSSR count). The standard InChI is InChI=1S/C27H34N2O6/c1-17(27(5,31)29-25(30)35-26(2,3)4)14-19-9-11-21-20(15-19)28-24(34-21)13-10-18-8-12-22(32-6)23(16-18)33-7/h8-13,15-17,31H,14H2,1-7H3,(H,29,30)/t17?,27-/m1/s1. The predicted molar refractivity (Wildman–Crippen MR) is 135 cm³/mol. The van der Waals surface area contributed by atoms with Crippen LogP contribution in [0, 0.1) is 5.92 Å². The van der Waals surface area contributed by atoms with Crippen LogP contribution >= 0.6 is 0 Å². The van der Waals surface area contributed by atoms with Gasteiger partial charge in [-0.1, -0.05) is 19.1 Å². The molecule has 0 aliphatic rings. The zero-order chi connectivity index (χ0) is 25.8. The van der Waals surface area contributed by atoms with E-state index in [9.17, 15) is 9.90 Å². The van der Waals surface area contributed by atoms with Gasteiger partial charge in [-0.3, -0.25) is 5.32 Å². The largest absolute Gasteiger partial charge is 0.493 e. The zero-order valence-electron chi connectivity index (χ0n) is 21.3. The Hall–Kier alpha value is -3.52. The highest BCUT2D eigenvalue weighted by atomic mass is 16.6. The fourth-order valence-corrected chi connectivity index (χ4v) is 3.50. The van der Waals surface area contributed by atoms with Crippen molar-refractivity contribution < 1.29 is 28.5 Å². The fraction of sp³-hybridized carbons (Fsp3) is 0.407. The van der Waals surface area contributed by atoms with Gasteiger partial charge in [-0.05, 0) is 75.6 Å². The van der Waals surface area contributed by atoms with E-state index in [1.807, 2.05) is 49.4 Å². The number of hydrogen-bond donors (Lipinski definition) is 2. The number of aliphatic hydroxyl groups is 1. The number of carbonyl (C=O) groups excluding carboxylic acids is 1. The van der Waals surface area contributed by atoms with Gasteiger partial charge in [-0.15, -0.1) is 0 Å². The molecule has 188 valence electrons. The highest BCUT2D eigenvalue weighted by Crippen LogP contribution is 2.29. The van der Waals surface area contributed by atoms with E-state index in [0.717, 1.165) is 11.1 Å². The summed E-state index contributed by atoms with van der Waals surface area (Å²) in [6, 6.07) is 11.3. The first-order valence-corrected chi connectivity index (χ1v) is 11.4. The predicted octanol–water partition coefficient (Wildman–Crippen LogP) is 5.43. The van der Waals surface area contributed by atoms with Crippen molar-refractivity contribution in [2.75, 3.05) is 14.2 Å². The van der Waals surface area contributed by atoms with Crippen molar-refractivity contribution in [3.8, 4) is 11.5 Å². The molecule has 0 saturated carbocycles. The lowest BCUT2D eigenvalue weighted by molar-refractivity contribution is -0.0359. The van der Waals surface area contributed by atoms with Crippen LogP contribution in [-0.4, -0.2) is 41.7 Å². The minimum Gasteiger partial charge on any atom is -0.493 e. The summed E-state index contributed by atoms with van der Waals surface area (Å²) >= 11 is 0. The summed E-state index contributed by atoms with van der Waals surface area (Å²) in [6.45, 7) is 8.74. The van der Waals surface area contributed by atoms with E-state index in [1.165, 1.54) is 0 Å². The van der Waals surface area contributed by atoms with Crippen molar-refractivity contribution >= 4 is 29.3 Å². The Labute approximate surface area is 205 Å². The Balaban J connectivity index is 1.70. The molecule has 2 atom stereocenters. The number of benzene rings is 2. The molecule has 0 saturated heterocycles.